The Labute approximate surface area is 287 Å². The fraction of sp³-hybridized carbons (Fsp3) is 0.556. The van der Waals surface area contributed by atoms with E-state index in [-0.39, 0.29) is 24.8 Å². The van der Waals surface area contributed by atoms with Gasteiger partial charge in [-0.15, -0.1) is 0 Å². The summed E-state index contributed by atoms with van der Waals surface area (Å²) in [5.74, 6) is -1.38. The maximum Gasteiger partial charge on any atom is 0.329 e. The van der Waals surface area contributed by atoms with Gasteiger partial charge in [-0.25, -0.2) is 9.59 Å². The maximum atomic E-state index is 14.1. The molecule has 0 aromatic heterocycles. The fourth-order valence-electron chi connectivity index (χ4n) is 6.67. The maximum absolute atomic E-state index is 14.1. The summed E-state index contributed by atoms with van der Waals surface area (Å²) in [7, 11) is 1.28. The lowest BCUT2D eigenvalue weighted by atomic mass is 9.64. The molecule has 2 amide bonds. The Bertz CT molecular complexity index is 1470. The van der Waals surface area contributed by atoms with Crippen LogP contribution in [0.3, 0.4) is 0 Å². The van der Waals surface area contributed by atoms with E-state index in [4.69, 9.17) is 37.4 Å². The second-order valence-corrected chi connectivity index (χ2v) is 15.1. The highest BCUT2D eigenvalue weighted by molar-refractivity contribution is 6.35. The number of carbonyl (C=O) groups is 4. The van der Waals surface area contributed by atoms with Crippen molar-refractivity contribution in [3.8, 4) is 5.75 Å². The van der Waals surface area contributed by atoms with E-state index in [1.807, 2.05) is 53.7 Å². The predicted octanol–water partition coefficient (Wildman–Crippen LogP) is 6.55. The number of ether oxygens (including phenoxy) is 3. The molecule has 1 aliphatic heterocycles. The standard InChI is InChI=1S/C36H46Cl2N2O7/c1-34(2,3)47-32(43)29-12-9-19-40(29)33(44)36(6)18-17-25(35(36,4)5)30(41)39-28(31(42)45-7)20-22-13-15-23(16-14-22)46-21-24-26(37)10-8-11-27(24)38/h8,10-11,13-16,25,28-29H,9,12,17-21H2,1-7H3,(H,39,41)/t25-,28-,29+,36+/m1/s1. The number of halogens is 2. The summed E-state index contributed by atoms with van der Waals surface area (Å²) in [4.78, 5) is 55.4. The minimum Gasteiger partial charge on any atom is -0.489 e. The zero-order valence-electron chi connectivity index (χ0n) is 28.3. The molecular formula is C36H46Cl2N2O7. The van der Waals surface area contributed by atoms with Gasteiger partial charge in [0.15, 0.2) is 0 Å². The Morgan fingerprint density at radius 2 is 1.64 bits per heavy atom. The average Bonchev–Trinajstić information content (AvgIpc) is 3.58. The smallest absolute Gasteiger partial charge is 0.329 e. The first-order valence-electron chi connectivity index (χ1n) is 16.1. The molecule has 1 heterocycles. The van der Waals surface area contributed by atoms with Crippen molar-refractivity contribution in [1.82, 2.24) is 10.2 Å². The lowest BCUT2D eigenvalue weighted by Crippen LogP contribution is -2.54. The molecule has 0 spiro atoms. The predicted molar refractivity (Wildman–Crippen MR) is 180 cm³/mol. The van der Waals surface area contributed by atoms with Crippen molar-refractivity contribution in [1.29, 1.82) is 0 Å². The normalized spacial score (nSPS) is 22.8. The number of hydrogen-bond acceptors (Lipinski definition) is 7. The molecule has 4 atom stereocenters. The van der Waals surface area contributed by atoms with Gasteiger partial charge in [-0.1, -0.05) is 62.2 Å². The van der Waals surface area contributed by atoms with Gasteiger partial charge >= 0.3 is 11.9 Å². The lowest BCUT2D eigenvalue weighted by Gasteiger charge is -2.43. The summed E-state index contributed by atoms with van der Waals surface area (Å²) in [6.45, 7) is 11.8. The molecule has 47 heavy (non-hydrogen) atoms. The minimum atomic E-state index is -0.935. The highest BCUT2D eigenvalue weighted by Crippen LogP contribution is 2.57. The Hall–Kier alpha value is -3.30. The lowest BCUT2D eigenvalue weighted by molar-refractivity contribution is -0.167. The highest BCUT2D eigenvalue weighted by Gasteiger charge is 2.60. The summed E-state index contributed by atoms with van der Waals surface area (Å²) in [6.07, 6.45) is 2.38. The minimum absolute atomic E-state index is 0.144. The molecule has 1 saturated carbocycles. The van der Waals surface area contributed by atoms with Gasteiger partial charge in [-0.3, -0.25) is 9.59 Å². The van der Waals surface area contributed by atoms with Gasteiger partial charge < -0.3 is 24.4 Å². The Kier molecular flexibility index (Phi) is 11.2. The van der Waals surface area contributed by atoms with Crippen LogP contribution in [0.4, 0.5) is 0 Å². The van der Waals surface area contributed by atoms with Crippen molar-refractivity contribution < 1.29 is 33.4 Å². The number of benzene rings is 2. The molecule has 2 aromatic rings. The number of nitrogens with one attached hydrogen (secondary N) is 1. The zero-order valence-corrected chi connectivity index (χ0v) is 29.8. The molecule has 4 rings (SSSR count). The highest BCUT2D eigenvalue weighted by atomic mass is 35.5. The molecule has 1 N–H and O–H groups in total. The molecule has 2 aliphatic rings. The van der Waals surface area contributed by atoms with Gasteiger partial charge in [0.25, 0.3) is 0 Å². The van der Waals surface area contributed by atoms with Gasteiger partial charge in [0.1, 0.15) is 30.0 Å². The first-order valence-corrected chi connectivity index (χ1v) is 16.8. The van der Waals surface area contributed by atoms with E-state index in [1.54, 1.807) is 35.2 Å². The first kappa shape index (κ1) is 36.5. The van der Waals surface area contributed by atoms with Crippen LogP contribution in [0.1, 0.15) is 78.4 Å². The molecule has 0 unspecified atom stereocenters. The molecule has 1 aliphatic carbocycles. The summed E-state index contributed by atoms with van der Waals surface area (Å²) >= 11 is 12.5. The van der Waals surface area contributed by atoms with Gasteiger partial charge in [0, 0.05) is 34.5 Å². The van der Waals surface area contributed by atoms with Crippen LogP contribution in [-0.4, -0.2) is 60.0 Å². The quantitative estimate of drug-likeness (QED) is 0.282. The van der Waals surface area contributed by atoms with Gasteiger partial charge in [0.2, 0.25) is 11.8 Å². The van der Waals surface area contributed by atoms with Crippen molar-refractivity contribution in [3.05, 3.63) is 63.6 Å². The van der Waals surface area contributed by atoms with Crippen molar-refractivity contribution >= 4 is 47.0 Å². The number of nitrogens with zero attached hydrogens (tertiary/aromatic N) is 1. The van der Waals surface area contributed by atoms with E-state index in [1.165, 1.54) is 7.11 Å². The summed E-state index contributed by atoms with van der Waals surface area (Å²) < 4.78 is 16.5. The zero-order chi connectivity index (χ0) is 34.7. The summed E-state index contributed by atoms with van der Waals surface area (Å²) in [6, 6.07) is 10.9. The number of hydrogen-bond donors (Lipinski definition) is 1. The second kappa shape index (κ2) is 14.4. The largest absolute Gasteiger partial charge is 0.489 e. The molecule has 256 valence electrons. The second-order valence-electron chi connectivity index (χ2n) is 14.3. The van der Waals surface area contributed by atoms with E-state index < -0.39 is 46.4 Å². The van der Waals surface area contributed by atoms with Crippen LogP contribution in [0.5, 0.6) is 5.75 Å². The molecule has 2 aromatic carbocycles. The van der Waals surface area contributed by atoms with Gasteiger partial charge in [0.05, 0.1) is 12.5 Å². The fourth-order valence-corrected chi connectivity index (χ4v) is 7.18. The third-order valence-electron chi connectivity index (χ3n) is 9.82. The van der Waals surface area contributed by atoms with E-state index in [2.05, 4.69) is 5.32 Å². The molecule has 2 fully saturated rings. The van der Waals surface area contributed by atoms with E-state index >= 15 is 0 Å². The van der Waals surface area contributed by atoms with Gasteiger partial charge in [-0.2, -0.15) is 0 Å². The monoisotopic (exact) mass is 688 g/mol. The molecule has 11 heteroatoms. The Balaban J connectivity index is 1.42. The summed E-state index contributed by atoms with van der Waals surface area (Å²) in [5.41, 5.74) is -0.850. The number of amides is 2. The number of likely N-dealkylation sites (tertiary alicyclic amines) is 1. The number of rotatable bonds is 10. The van der Waals surface area contributed by atoms with Crippen molar-refractivity contribution in [2.24, 2.45) is 16.7 Å². The first-order chi connectivity index (χ1) is 22.0. The van der Waals surface area contributed by atoms with Crippen LogP contribution in [0.25, 0.3) is 0 Å². The third kappa shape index (κ3) is 8.06. The number of carbonyl (C=O) groups excluding carboxylic acids is 4. The van der Waals surface area contributed by atoms with Crippen molar-refractivity contribution in [3.63, 3.8) is 0 Å². The van der Waals surface area contributed by atoms with Crippen LogP contribution in [-0.2, 0) is 41.7 Å². The SMILES string of the molecule is COC(=O)[C@@H](Cc1ccc(OCc2c(Cl)cccc2Cl)cc1)NC(=O)[C@H]1CC[C@@](C)(C(=O)N2CCC[C@H]2C(=O)OC(C)(C)C)C1(C)C. The van der Waals surface area contributed by atoms with E-state index in [0.29, 0.717) is 53.6 Å². The molecular weight excluding hydrogens is 643 g/mol. The number of methoxy groups -OCH3 is 1. The van der Waals surface area contributed by atoms with E-state index in [0.717, 1.165) is 5.56 Å². The van der Waals surface area contributed by atoms with Crippen LogP contribution < -0.4 is 10.1 Å². The Morgan fingerprint density at radius 1 is 1.00 bits per heavy atom. The van der Waals surface area contributed by atoms with Gasteiger partial charge in [-0.05, 0) is 81.7 Å². The summed E-state index contributed by atoms with van der Waals surface area (Å²) in [5, 5.41) is 3.94. The van der Waals surface area contributed by atoms with Crippen LogP contribution in [0.15, 0.2) is 42.5 Å². The van der Waals surface area contributed by atoms with Crippen LogP contribution >= 0.6 is 23.2 Å². The Morgan fingerprint density at radius 3 is 2.23 bits per heavy atom. The van der Waals surface area contributed by atoms with Crippen molar-refractivity contribution in [2.45, 2.75) is 97.9 Å². The molecule has 0 radical (unpaired) electrons. The molecule has 0 bridgehead atoms. The topological polar surface area (TPSA) is 111 Å². The average molecular weight is 690 g/mol. The third-order valence-corrected chi connectivity index (χ3v) is 10.5. The molecule has 9 nitrogen and oxygen atoms in total. The molecule has 1 saturated heterocycles. The van der Waals surface area contributed by atoms with E-state index in [9.17, 15) is 19.2 Å². The number of esters is 2. The van der Waals surface area contributed by atoms with Crippen LogP contribution in [0.2, 0.25) is 10.0 Å². The van der Waals surface area contributed by atoms with Crippen molar-refractivity contribution in [2.75, 3.05) is 13.7 Å². The van der Waals surface area contributed by atoms with Crippen LogP contribution in [0, 0.1) is 16.7 Å².